The van der Waals surface area contributed by atoms with Crippen LogP contribution in [0.3, 0.4) is 0 Å². The quantitative estimate of drug-likeness (QED) is 0.661. The maximum Gasteiger partial charge on any atom is 0.0474 e. The Morgan fingerprint density at radius 2 is 2.00 bits per heavy atom. The first-order valence-electron chi connectivity index (χ1n) is 5.24. The third-order valence-corrected chi connectivity index (χ3v) is 3.26. The third-order valence-electron chi connectivity index (χ3n) is 3.26. The number of rotatable bonds is 4. The van der Waals surface area contributed by atoms with E-state index in [1.54, 1.807) is 0 Å². The van der Waals surface area contributed by atoms with E-state index in [0.717, 1.165) is 5.92 Å². The Kier molecular flexibility index (Phi) is 2.66. The summed E-state index contributed by atoms with van der Waals surface area (Å²) in [6.45, 7) is 1.57. The molecular weight excluding hydrogens is 150 g/mol. The first-order chi connectivity index (χ1) is 5.90. The Morgan fingerprint density at radius 3 is 2.67 bits per heavy atom. The van der Waals surface area contributed by atoms with Crippen molar-refractivity contribution in [2.45, 2.75) is 38.1 Å². The maximum atomic E-state index is 9.08. The van der Waals surface area contributed by atoms with Gasteiger partial charge >= 0.3 is 0 Å². The Bertz CT molecular complexity index is 145. The number of aliphatic hydroxyl groups excluding tert-OH is 1. The molecule has 70 valence electrons. The highest BCUT2D eigenvalue weighted by Crippen LogP contribution is 2.30. The molecule has 0 aromatic rings. The first kappa shape index (κ1) is 8.52. The number of hydrogen-bond donors (Lipinski definition) is 2. The number of aliphatic hydroxyl groups is 1. The van der Waals surface area contributed by atoms with E-state index in [1.165, 1.54) is 38.6 Å². The van der Waals surface area contributed by atoms with Crippen LogP contribution in [0.15, 0.2) is 0 Å². The Morgan fingerprint density at radius 1 is 1.17 bits per heavy atom. The minimum Gasteiger partial charge on any atom is -0.396 e. The van der Waals surface area contributed by atoms with Gasteiger partial charge < -0.3 is 10.4 Å². The molecule has 0 aromatic carbocycles. The Labute approximate surface area is 74.4 Å². The lowest BCUT2D eigenvalue weighted by molar-refractivity contribution is 0.205. The lowest BCUT2D eigenvalue weighted by atomic mass is 10.1. The summed E-state index contributed by atoms with van der Waals surface area (Å²) in [7, 11) is 0. The molecule has 2 N–H and O–H groups in total. The minimum absolute atomic E-state index is 0.377. The summed E-state index contributed by atoms with van der Waals surface area (Å²) >= 11 is 0. The lowest BCUT2D eigenvalue weighted by Gasteiger charge is -2.18. The molecule has 0 radical (unpaired) electrons. The number of nitrogens with one attached hydrogen (secondary N) is 1. The lowest BCUT2D eigenvalue weighted by Crippen LogP contribution is -2.35. The van der Waals surface area contributed by atoms with Crippen molar-refractivity contribution in [2.24, 2.45) is 11.8 Å². The predicted molar refractivity (Wildman–Crippen MR) is 48.9 cm³/mol. The highest BCUT2D eigenvalue weighted by atomic mass is 16.3. The van der Waals surface area contributed by atoms with Gasteiger partial charge in [-0.2, -0.15) is 0 Å². The van der Waals surface area contributed by atoms with E-state index in [1.807, 2.05) is 0 Å². The molecule has 2 aliphatic rings. The topological polar surface area (TPSA) is 32.3 Å². The van der Waals surface area contributed by atoms with Gasteiger partial charge in [0, 0.05) is 12.6 Å². The van der Waals surface area contributed by atoms with Crippen LogP contribution >= 0.6 is 0 Å². The molecule has 0 saturated heterocycles. The average Bonchev–Trinajstić information content (AvgIpc) is 2.81. The fraction of sp³-hybridized carbons (Fsp3) is 1.00. The Balaban J connectivity index is 1.69. The van der Waals surface area contributed by atoms with E-state index in [4.69, 9.17) is 5.11 Å². The fourth-order valence-electron chi connectivity index (χ4n) is 2.16. The summed E-state index contributed by atoms with van der Waals surface area (Å²) in [5.74, 6) is 1.51. The van der Waals surface area contributed by atoms with Gasteiger partial charge in [0.15, 0.2) is 0 Å². The van der Waals surface area contributed by atoms with Crippen LogP contribution in [-0.4, -0.2) is 24.3 Å². The molecular formula is C10H19NO. The van der Waals surface area contributed by atoms with Crippen LogP contribution in [0.2, 0.25) is 0 Å². The van der Waals surface area contributed by atoms with E-state index >= 15 is 0 Å². The molecule has 2 aliphatic carbocycles. The summed E-state index contributed by atoms with van der Waals surface area (Å²) in [5.41, 5.74) is 0. The maximum absolute atomic E-state index is 9.08. The van der Waals surface area contributed by atoms with E-state index < -0.39 is 0 Å². The minimum atomic E-state index is 0.377. The standard InChI is InChI=1S/C10H19NO/c12-7-9-2-1-3-10(9)11-6-8-4-5-8/h8-12H,1-7H2. The zero-order chi connectivity index (χ0) is 8.39. The van der Waals surface area contributed by atoms with E-state index in [-0.39, 0.29) is 0 Å². The van der Waals surface area contributed by atoms with Crippen molar-refractivity contribution in [3.63, 3.8) is 0 Å². The van der Waals surface area contributed by atoms with Gasteiger partial charge in [0.1, 0.15) is 0 Å². The van der Waals surface area contributed by atoms with Crippen molar-refractivity contribution in [3.05, 3.63) is 0 Å². The van der Waals surface area contributed by atoms with Crippen molar-refractivity contribution >= 4 is 0 Å². The zero-order valence-electron chi connectivity index (χ0n) is 7.63. The highest BCUT2D eigenvalue weighted by Gasteiger charge is 2.28. The summed E-state index contributed by atoms with van der Waals surface area (Å²) in [6.07, 6.45) is 6.64. The van der Waals surface area contributed by atoms with Crippen molar-refractivity contribution in [1.82, 2.24) is 5.32 Å². The molecule has 2 unspecified atom stereocenters. The molecule has 2 heteroatoms. The highest BCUT2D eigenvalue weighted by molar-refractivity contribution is 4.85. The monoisotopic (exact) mass is 169 g/mol. The van der Waals surface area contributed by atoms with Crippen LogP contribution < -0.4 is 5.32 Å². The molecule has 2 nitrogen and oxygen atoms in total. The van der Waals surface area contributed by atoms with Crippen LogP contribution in [0.1, 0.15) is 32.1 Å². The molecule has 2 fully saturated rings. The van der Waals surface area contributed by atoms with Gasteiger partial charge in [-0.3, -0.25) is 0 Å². The predicted octanol–water partition coefficient (Wildman–Crippen LogP) is 1.15. The molecule has 12 heavy (non-hydrogen) atoms. The summed E-state index contributed by atoms with van der Waals surface area (Å²) < 4.78 is 0. The van der Waals surface area contributed by atoms with Gasteiger partial charge in [-0.1, -0.05) is 6.42 Å². The molecule has 0 aliphatic heterocycles. The second kappa shape index (κ2) is 3.75. The molecule has 2 saturated carbocycles. The van der Waals surface area contributed by atoms with Gasteiger partial charge in [0.05, 0.1) is 0 Å². The van der Waals surface area contributed by atoms with Gasteiger partial charge in [0.25, 0.3) is 0 Å². The second-order valence-electron chi connectivity index (χ2n) is 4.33. The smallest absolute Gasteiger partial charge is 0.0474 e. The molecule has 0 aromatic heterocycles. The van der Waals surface area contributed by atoms with Crippen LogP contribution in [0, 0.1) is 11.8 Å². The molecule has 2 rings (SSSR count). The van der Waals surface area contributed by atoms with Crippen LogP contribution in [0.25, 0.3) is 0 Å². The largest absolute Gasteiger partial charge is 0.396 e. The molecule has 0 spiro atoms. The van der Waals surface area contributed by atoms with Gasteiger partial charge in [-0.15, -0.1) is 0 Å². The molecule has 0 amide bonds. The summed E-state index contributed by atoms with van der Waals surface area (Å²) in [6, 6.07) is 0.621. The van der Waals surface area contributed by atoms with Crippen LogP contribution in [0.4, 0.5) is 0 Å². The van der Waals surface area contributed by atoms with E-state index in [9.17, 15) is 0 Å². The van der Waals surface area contributed by atoms with E-state index in [0.29, 0.717) is 18.6 Å². The van der Waals surface area contributed by atoms with Gasteiger partial charge in [0.2, 0.25) is 0 Å². The van der Waals surface area contributed by atoms with Crippen molar-refractivity contribution in [3.8, 4) is 0 Å². The van der Waals surface area contributed by atoms with Crippen molar-refractivity contribution < 1.29 is 5.11 Å². The Hall–Kier alpha value is -0.0800. The SMILES string of the molecule is OCC1CCCC1NCC1CC1. The van der Waals surface area contributed by atoms with Crippen molar-refractivity contribution in [1.29, 1.82) is 0 Å². The van der Waals surface area contributed by atoms with E-state index in [2.05, 4.69) is 5.32 Å². The summed E-state index contributed by atoms with van der Waals surface area (Å²) in [5, 5.41) is 12.7. The van der Waals surface area contributed by atoms with Crippen LogP contribution in [-0.2, 0) is 0 Å². The number of hydrogen-bond acceptors (Lipinski definition) is 2. The summed E-state index contributed by atoms with van der Waals surface area (Å²) in [4.78, 5) is 0. The van der Waals surface area contributed by atoms with Crippen molar-refractivity contribution in [2.75, 3.05) is 13.2 Å². The zero-order valence-corrected chi connectivity index (χ0v) is 7.63. The molecule has 2 atom stereocenters. The average molecular weight is 169 g/mol. The molecule has 0 bridgehead atoms. The third kappa shape index (κ3) is 1.99. The normalized spacial score (nSPS) is 35.8. The second-order valence-corrected chi connectivity index (χ2v) is 4.33. The van der Waals surface area contributed by atoms with Gasteiger partial charge in [-0.05, 0) is 44.1 Å². The van der Waals surface area contributed by atoms with Crippen LogP contribution in [0.5, 0.6) is 0 Å². The molecule has 0 heterocycles. The fourth-order valence-corrected chi connectivity index (χ4v) is 2.16. The first-order valence-corrected chi connectivity index (χ1v) is 5.24. The van der Waals surface area contributed by atoms with Gasteiger partial charge in [-0.25, -0.2) is 0 Å².